The fraction of sp³-hybridized carbons (Fsp3) is 0.375. The summed E-state index contributed by atoms with van der Waals surface area (Å²) in [6.45, 7) is 7.99. The molecular weight excluding hydrogens is 230 g/mol. The van der Waals surface area contributed by atoms with E-state index in [1.54, 1.807) is 13.0 Å². The van der Waals surface area contributed by atoms with Gasteiger partial charge in [-0.25, -0.2) is 8.78 Å². The molecule has 0 N–H and O–H groups in total. The molecule has 0 amide bonds. The summed E-state index contributed by atoms with van der Waals surface area (Å²) in [6.07, 6.45) is -2.40. The predicted molar refractivity (Wildman–Crippen MR) is 71.6 cm³/mol. The Morgan fingerprint density at radius 1 is 0.944 bits per heavy atom. The molecule has 0 heterocycles. The number of aryl methyl sites for hydroxylation is 1. The zero-order valence-corrected chi connectivity index (χ0v) is 11.2. The first kappa shape index (κ1) is 13.0. The van der Waals surface area contributed by atoms with Gasteiger partial charge < -0.3 is 0 Å². The Bertz CT molecular complexity index is 541. The lowest BCUT2D eigenvalue weighted by atomic mass is 10.0. The van der Waals surface area contributed by atoms with Crippen LogP contribution in [0.15, 0.2) is 24.3 Å². The molecule has 0 atom stereocenters. The van der Waals surface area contributed by atoms with Gasteiger partial charge in [0.05, 0.1) is 0 Å². The van der Waals surface area contributed by atoms with Gasteiger partial charge in [0.25, 0.3) is 6.43 Å². The zero-order chi connectivity index (χ0) is 13.4. The van der Waals surface area contributed by atoms with Crippen LogP contribution >= 0.6 is 0 Å². The van der Waals surface area contributed by atoms with Crippen LogP contribution in [0.1, 0.15) is 48.4 Å². The number of alkyl halides is 2. The fourth-order valence-electron chi connectivity index (χ4n) is 2.32. The van der Waals surface area contributed by atoms with Crippen molar-refractivity contribution in [1.29, 1.82) is 0 Å². The van der Waals surface area contributed by atoms with Crippen LogP contribution in [-0.4, -0.2) is 0 Å². The lowest BCUT2D eigenvalue weighted by molar-refractivity contribution is 0.151. The van der Waals surface area contributed by atoms with E-state index in [1.807, 2.05) is 19.1 Å². The van der Waals surface area contributed by atoms with E-state index in [0.717, 1.165) is 16.7 Å². The Morgan fingerprint density at radius 2 is 1.61 bits per heavy atom. The van der Waals surface area contributed by atoms with Crippen LogP contribution in [0.3, 0.4) is 0 Å². The van der Waals surface area contributed by atoms with E-state index in [0.29, 0.717) is 11.5 Å². The predicted octanol–water partition coefficient (Wildman–Crippen LogP) is 5.47. The number of hydrogen-bond donors (Lipinski definition) is 0. The molecule has 0 bridgehead atoms. The zero-order valence-electron chi connectivity index (χ0n) is 11.2. The molecule has 0 aromatic rings. The normalized spacial score (nSPS) is 11.8. The minimum atomic E-state index is -2.40. The van der Waals surface area contributed by atoms with Gasteiger partial charge in [0, 0.05) is 5.56 Å². The Hall–Kier alpha value is -1.44. The standard InChI is InChI=1S/C16H18F2/c1-9(2)12-6-5-10(3)13-8-15(16(17)18)11(4)14(13)7-12/h5-9,16H,1-4H3. The number of halogens is 2. The van der Waals surface area contributed by atoms with Gasteiger partial charge in [0.1, 0.15) is 0 Å². The average molecular weight is 248 g/mol. The van der Waals surface area contributed by atoms with E-state index < -0.39 is 6.43 Å². The van der Waals surface area contributed by atoms with Crippen molar-refractivity contribution >= 4 is 0 Å². The van der Waals surface area contributed by atoms with Crippen molar-refractivity contribution in [2.45, 2.75) is 40.0 Å². The number of fused-ring (bicyclic) bond motifs is 1. The second kappa shape index (κ2) is 4.68. The lowest BCUT2D eigenvalue weighted by Gasteiger charge is -2.04. The molecule has 2 aliphatic carbocycles. The van der Waals surface area contributed by atoms with Crippen LogP contribution in [0.2, 0.25) is 0 Å². The van der Waals surface area contributed by atoms with Crippen LogP contribution < -0.4 is 0 Å². The first-order valence-corrected chi connectivity index (χ1v) is 6.23. The van der Waals surface area contributed by atoms with Gasteiger partial charge in [0.2, 0.25) is 0 Å². The summed E-state index contributed by atoms with van der Waals surface area (Å²) in [5.41, 5.74) is 5.00. The number of hydrogen-bond acceptors (Lipinski definition) is 0. The monoisotopic (exact) mass is 248 g/mol. The van der Waals surface area contributed by atoms with Crippen molar-refractivity contribution in [3.8, 4) is 11.1 Å². The van der Waals surface area contributed by atoms with Crippen molar-refractivity contribution in [3.63, 3.8) is 0 Å². The second-order valence-electron chi connectivity index (χ2n) is 5.17. The summed E-state index contributed by atoms with van der Waals surface area (Å²) < 4.78 is 25.9. The Labute approximate surface area is 107 Å². The molecule has 0 nitrogen and oxygen atoms in total. The SMILES string of the molecule is Cc1ccc(C(C)C)cc2c(C)c(C(F)F)cc1-2. The van der Waals surface area contributed by atoms with Crippen LogP contribution in [0, 0.1) is 13.8 Å². The van der Waals surface area contributed by atoms with Crippen molar-refractivity contribution in [3.05, 3.63) is 46.5 Å². The summed E-state index contributed by atoms with van der Waals surface area (Å²) in [4.78, 5) is 0. The highest BCUT2D eigenvalue weighted by Crippen LogP contribution is 2.38. The Kier molecular flexibility index (Phi) is 3.38. The summed E-state index contributed by atoms with van der Waals surface area (Å²) >= 11 is 0. The molecular formula is C16H18F2. The van der Waals surface area contributed by atoms with Crippen molar-refractivity contribution in [1.82, 2.24) is 0 Å². The summed E-state index contributed by atoms with van der Waals surface area (Å²) in [6, 6.07) is 7.79. The van der Waals surface area contributed by atoms with Gasteiger partial charge in [-0.3, -0.25) is 0 Å². The van der Waals surface area contributed by atoms with E-state index in [-0.39, 0.29) is 5.56 Å². The van der Waals surface area contributed by atoms with Crippen LogP contribution in [0.5, 0.6) is 0 Å². The topological polar surface area (TPSA) is 0 Å². The summed E-state index contributed by atoms with van der Waals surface area (Å²) in [5, 5.41) is 0. The molecule has 0 spiro atoms. The molecule has 0 aromatic heterocycles. The third-order valence-electron chi connectivity index (χ3n) is 3.59. The van der Waals surface area contributed by atoms with E-state index in [1.165, 1.54) is 5.56 Å². The smallest absolute Gasteiger partial charge is 0.205 e. The van der Waals surface area contributed by atoms with Crippen molar-refractivity contribution < 1.29 is 8.78 Å². The van der Waals surface area contributed by atoms with Gasteiger partial charge in [-0.05, 0) is 53.6 Å². The molecule has 0 saturated heterocycles. The molecule has 18 heavy (non-hydrogen) atoms. The van der Waals surface area contributed by atoms with E-state index >= 15 is 0 Å². The maximum atomic E-state index is 13.0. The Morgan fingerprint density at radius 3 is 2.17 bits per heavy atom. The van der Waals surface area contributed by atoms with Gasteiger partial charge >= 0.3 is 0 Å². The molecule has 0 saturated carbocycles. The molecule has 0 aliphatic heterocycles. The van der Waals surface area contributed by atoms with Gasteiger partial charge in [0.15, 0.2) is 0 Å². The summed E-state index contributed by atoms with van der Waals surface area (Å²) in [5.74, 6) is 0.393. The highest BCUT2D eigenvalue weighted by molar-refractivity contribution is 5.76. The third-order valence-corrected chi connectivity index (χ3v) is 3.59. The average Bonchev–Trinajstić information content (AvgIpc) is 2.51. The molecule has 0 unspecified atom stereocenters. The molecule has 2 rings (SSSR count). The van der Waals surface area contributed by atoms with Gasteiger partial charge in [-0.2, -0.15) is 0 Å². The first-order valence-electron chi connectivity index (χ1n) is 6.23. The first-order chi connectivity index (χ1) is 8.41. The van der Waals surface area contributed by atoms with Gasteiger partial charge in [-0.1, -0.05) is 32.0 Å². The van der Waals surface area contributed by atoms with Crippen molar-refractivity contribution in [2.24, 2.45) is 0 Å². The van der Waals surface area contributed by atoms with Crippen LogP contribution in [0.25, 0.3) is 11.1 Å². The lowest BCUT2D eigenvalue weighted by Crippen LogP contribution is -1.85. The minimum absolute atomic E-state index is 0.161. The number of rotatable bonds is 2. The Balaban J connectivity index is 2.75. The fourth-order valence-corrected chi connectivity index (χ4v) is 2.32. The van der Waals surface area contributed by atoms with Crippen molar-refractivity contribution in [2.75, 3.05) is 0 Å². The van der Waals surface area contributed by atoms with Gasteiger partial charge in [-0.15, -0.1) is 0 Å². The second-order valence-corrected chi connectivity index (χ2v) is 5.17. The highest BCUT2D eigenvalue weighted by Gasteiger charge is 2.20. The molecule has 0 aromatic carbocycles. The maximum Gasteiger partial charge on any atom is 0.264 e. The molecule has 0 radical (unpaired) electrons. The van der Waals surface area contributed by atoms with E-state index in [2.05, 4.69) is 19.9 Å². The molecule has 2 heteroatoms. The van der Waals surface area contributed by atoms with E-state index in [9.17, 15) is 8.78 Å². The minimum Gasteiger partial charge on any atom is -0.205 e. The molecule has 0 fully saturated rings. The summed E-state index contributed by atoms with van der Waals surface area (Å²) in [7, 11) is 0. The third kappa shape index (κ3) is 2.12. The molecule has 96 valence electrons. The highest BCUT2D eigenvalue weighted by atomic mass is 19.3. The largest absolute Gasteiger partial charge is 0.264 e. The maximum absolute atomic E-state index is 13.0. The van der Waals surface area contributed by atoms with Crippen LogP contribution in [0.4, 0.5) is 8.78 Å². The molecule has 2 aliphatic rings. The van der Waals surface area contributed by atoms with Crippen LogP contribution in [-0.2, 0) is 0 Å². The van der Waals surface area contributed by atoms with E-state index in [4.69, 9.17) is 0 Å². The quantitative estimate of drug-likeness (QED) is 0.661.